The predicted octanol–water partition coefficient (Wildman–Crippen LogP) is 4.02. The van der Waals surface area contributed by atoms with Crippen LogP contribution in [0.2, 0.25) is 0 Å². The first-order valence-corrected chi connectivity index (χ1v) is 10.5. The molecule has 0 aliphatic heterocycles. The minimum Gasteiger partial charge on any atom is -0.389 e. The zero-order valence-electron chi connectivity index (χ0n) is 16.1. The topological polar surface area (TPSA) is 54.4 Å². The number of hydrogen-bond acceptors (Lipinski definition) is 3. The van der Waals surface area contributed by atoms with Crippen LogP contribution in [-0.4, -0.2) is 23.3 Å². The van der Waals surface area contributed by atoms with Gasteiger partial charge < -0.3 is 5.11 Å². The molecule has 4 aliphatic rings. The van der Waals surface area contributed by atoms with E-state index in [4.69, 9.17) is 0 Å². The van der Waals surface area contributed by atoms with Crippen molar-refractivity contribution in [1.29, 1.82) is 0 Å². The summed E-state index contributed by atoms with van der Waals surface area (Å²) in [6, 6.07) is 0. The largest absolute Gasteiger partial charge is 0.389 e. The third kappa shape index (κ3) is 2.40. The molecule has 8 atom stereocenters. The Hall–Kier alpha value is -0.700. The maximum absolute atomic E-state index is 12.5. The zero-order chi connectivity index (χ0) is 18.0. The third-order valence-electron chi connectivity index (χ3n) is 9.33. The van der Waals surface area contributed by atoms with Gasteiger partial charge in [0.25, 0.3) is 0 Å². The Balaban J connectivity index is 1.64. The minimum atomic E-state index is -0.298. The molecule has 0 bridgehead atoms. The van der Waals surface area contributed by atoms with E-state index in [9.17, 15) is 14.7 Å². The lowest BCUT2D eigenvalue weighted by Crippen LogP contribution is -2.54. The Morgan fingerprint density at radius 1 is 1.12 bits per heavy atom. The molecule has 0 aromatic heterocycles. The highest BCUT2D eigenvalue weighted by Crippen LogP contribution is 2.68. The van der Waals surface area contributed by atoms with Crippen molar-refractivity contribution in [2.75, 3.05) is 6.61 Å². The van der Waals surface area contributed by atoms with E-state index in [0.717, 1.165) is 38.0 Å². The molecule has 0 radical (unpaired) electrons. The second-order valence-electron chi connectivity index (χ2n) is 10.3. The number of hydrogen-bond donors (Lipinski definition) is 1. The van der Waals surface area contributed by atoms with Gasteiger partial charge in [0, 0.05) is 18.8 Å². The van der Waals surface area contributed by atoms with Crippen LogP contribution in [0.3, 0.4) is 0 Å². The maximum Gasteiger partial charge on any atom is 0.162 e. The summed E-state index contributed by atoms with van der Waals surface area (Å²) in [7, 11) is 0. The molecule has 0 unspecified atom stereocenters. The van der Waals surface area contributed by atoms with Crippen molar-refractivity contribution in [3.05, 3.63) is 0 Å². The van der Waals surface area contributed by atoms with Crippen LogP contribution in [0.4, 0.5) is 0 Å². The van der Waals surface area contributed by atoms with Crippen LogP contribution < -0.4 is 0 Å². The number of rotatable bonds is 2. The fraction of sp³-hybridized carbons (Fsp3) is 0.909. The molecule has 25 heavy (non-hydrogen) atoms. The van der Waals surface area contributed by atoms with Crippen molar-refractivity contribution in [2.45, 2.75) is 72.1 Å². The number of Topliss-reactive ketones (excluding diaryl/α,β-unsaturated/α-hetero) is 2. The van der Waals surface area contributed by atoms with Crippen LogP contribution >= 0.6 is 0 Å². The summed E-state index contributed by atoms with van der Waals surface area (Å²) in [5, 5.41) is 9.49. The molecular formula is C22H34O3. The van der Waals surface area contributed by atoms with Gasteiger partial charge in [0.05, 0.1) is 0 Å². The van der Waals surface area contributed by atoms with E-state index in [0.29, 0.717) is 34.9 Å². The number of carbonyl (C=O) groups is 2. The molecule has 0 amide bonds. The van der Waals surface area contributed by atoms with E-state index in [-0.39, 0.29) is 23.7 Å². The molecular weight excluding hydrogens is 312 g/mol. The lowest BCUT2D eigenvalue weighted by Gasteiger charge is -2.60. The third-order valence-corrected chi connectivity index (χ3v) is 9.33. The van der Waals surface area contributed by atoms with Gasteiger partial charge in [-0.3, -0.25) is 9.59 Å². The first-order chi connectivity index (χ1) is 11.8. The average Bonchev–Trinajstić information content (AvgIpc) is 2.85. The summed E-state index contributed by atoms with van der Waals surface area (Å²) in [6.45, 7) is 6.74. The lowest BCUT2D eigenvalue weighted by atomic mass is 9.44. The second kappa shape index (κ2) is 5.90. The standard InChI is InChI=1S/C22H34O3/c1-13-10-18-16-5-4-14-11-15(24)6-8-21(14,2)17(16)7-9-22(18,3)20(13)19(25)12-23/h13-14,16-18,20,23H,4-12H2,1-3H3/t13-,14-,16+,17-,18-,20+,21-,22-/m0/s1. The van der Waals surface area contributed by atoms with E-state index in [1.807, 2.05) is 0 Å². The SMILES string of the molecule is C[C@H]1C[C@H]2[C@@H]3CC[C@H]4CC(=O)CC[C@]4(C)[C@H]3CC[C@]2(C)[C@H]1C(=O)CO. The molecule has 4 rings (SSSR count). The zero-order valence-corrected chi connectivity index (χ0v) is 16.1. The van der Waals surface area contributed by atoms with Gasteiger partial charge in [0.2, 0.25) is 0 Å². The molecule has 140 valence electrons. The van der Waals surface area contributed by atoms with Crippen molar-refractivity contribution < 1.29 is 14.7 Å². The van der Waals surface area contributed by atoms with Gasteiger partial charge in [-0.2, -0.15) is 0 Å². The maximum atomic E-state index is 12.5. The Morgan fingerprint density at radius 3 is 2.60 bits per heavy atom. The highest BCUT2D eigenvalue weighted by atomic mass is 16.3. The highest BCUT2D eigenvalue weighted by molar-refractivity contribution is 5.83. The van der Waals surface area contributed by atoms with Gasteiger partial charge in [-0.05, 0) is 78.9 Å². The molecule has 1 N–H and O–H groups in total. The number of ketones is 2. The number of carbonyl (C=O) groups excluding carboxylic acids is 2. The average molecular weight is 347 g/mol. The van der Waals surface area contributed by atoms with Gasteiger partial charge in [0.1, 0.15) is 12.4 Å². The van der Waals surface area contributed by atoms with Gasteiger partial charge in [-0.15, -0.1) is 0 Å². The van der Waals surface area contributed by atoms with E-state index in [1.165, 1.54) is 19.3 Å². The van der Waals surface area contributed by atoms with Crippen molar-refractivity contribution in [3.63, 3.8) is 0 Å². The first-order valence-electron chi connectivity index (χ1n) is 10.5. The molecule has 4 fully saturated rings. The van der Waals surface area contributed by atoms with Crippen molar-refractivity contribution >= 4 is 11.6 Å². The van der Waals surface area contributed by atoms with E-state index in [1.54, 1.807) is 0 Å². The van der Waals surface area contributed by atoms with Gasteiger partial charge in [-0.25, -0.2) is 0 Å². The summed E-state index contributed by atoms with van der Waals surface area (Å²) in [4.78, 5) is 24.5. The van der Waals surface area contributed by atoms with Crippen LogP contribution in [0.1, 0.15) is 72.1 Å². The summed E-state index contributed by atoms with van der Waals surface area (Å²) < 4.78 is 0. The fourth-order valence-corrected chi connectivity index (χ4v) is 8.19. The Labute approximate surface area is 151 Å². The number of fused-ring (bicyclic) bond motifs is 5. The molecule has 0 aromatic carbocycles. The summed E-state index contributed by atoms with van der Waals surface area (Å²) in [5.74, 6) is 3.64. The van der Waals surface area contributed by atoms with Crippen molar-refractivity contribution in [1.82, 2.24) is 0 Å². The Bertz CT molecular complexity index is 584. The molecule has 3 nitrogen and oxygen atoms in total. The monoisotopic (exact) mass is 346 g/mol. The fourth-order valence-electron chi connectivity index (χ4n) is 8.19. The van der Waals surface area contributed by atoms with Gasteiger partial charge in [0.15, 0.2) is 5.78 Å². The molecule has 0 aromatic rings. The van der Waals surface area contributed by atoms with Crippen LogP contribution in [0.5, 0.6) is 0 Å². The van der Waals surface area contributed by atoms with Crippen LogP contribution in [0.25, 0.3) is 0 Å². The smallest absolute Gasteiger partial charge is 0.162 e. The van der Waals surface area contributed by atoms with Crippen molar-refractivity contribution in [3.8, 4) is 0 Å². The van der Waals surface area contributed by atoms with Crippen LogP contribution in [0.15, 0.2) is 0 Å². The first kappa shape index (κ1) is 17.7. The summed E-state index contributed by atoms with van der Waals surface area (Å²) in [6.07, 6.45) is 8.58. The summed E-state index contributed by atoms with van der Waals surface area (Å²) in [5.41, 5.74) is 0.411. The second-order valence-corrected chi connectivity index (χ2v) is 10.3. The molecule has 3 heteroatoms. The molecule has 4 saturated carbocycles. The molecule has 0 saturated heterocycles. The lowest BCUT2D eigenvalue weighted by molar-refractivity contribution is -0.145. The van der Waals surface area contributed by atoms with Crippen molar-refractivity contribution in [2.24, 2.45) is 46.3 Å². The van der Waals surface area contributed by atoms with Gasteiger partial charge >= 0.3 is 0 Å². The number of aliphatic hydroxyl groups is 1. The predicted molar refractivity (Wildman–Crippen MR) is 96.9 cm³/mol. The highest BCUT2D eigenvalue weighted by Gasteiger charge is 2.62. The van der Waals surface area contributed by atoms with Crippen LogP contribution in [-0.2, 0) is 9.59 Å². The quantitative estimate of drug-likeness (QED) is 0.821. The Kier molecular flexibility index (Phi) is 4.18. The van der Waals surface area contributed by atoms with E-state index >= 15 is 0 Å². The van der Waals surface area contributed by atoms with Crippen LogP contribution in [0, 0.1) is 46.3 Å². The molecule has 4 aliphatic carbocycles. The Morgan fingerprint density at radius 2 is 1.88 bits per heavy atom. The normalized spacial score (nSPS) is 52.2. The summed E-state index contributed by atoms with van der Waals surface area (Å²) >= 11 is 0. The van der Waals surface area contributed by atoms with E-state index in [2.05, 4.69) is 20.8 Å². The molecule has 0 heterocycles. The number of aliphatic hydroxyl groups excluding tert-OH is 1. The van der Waals surface area contributed by atoms with E-state index < -0.39 is 0 Å². The minimum absolute atomic E-state index is 0.0434. The molecule has 0 spiro atoms. The van der Waals surface area contributed by atoms with Gasteiger partial charge in [-0.1, -0.05) is 20.8 Å².